The summed E-state index contributed by atoms with van der Waals surface area (Å²) in [7, 11) is 3.98. The second kappa shape index (κ2) is 4.37. The largest absolute Gasteiger partial charge is 0.383 e. The first-order chi connectivity index (χ1) is 6.22. The van der Waals surface area contributed by atoms with Crippen molar-refractivity contribution in [3.8, 4) is 12.3 Å². The van der Waals surface area contributed by atoms with Gasteiger partial charge < -0.3 is 4.90 Å². The van der Waals surface area contributed by atoms with Crippen molar-refractivity contribution in [2.24, 2.45) is 0 Å². The lowest BCUT2D eigenvalue weighted by molar-refractivity contribution is 0.567. The number of benzene rings is 1. The molecule has 0 radical (unpaired) electrons. The molecule has 0 atom stereocenters. The summed E-state index contributed by atoms with van der Waals surface area (Å²) in [6, 6.07) is 7.90. The molecule has 0 unspecified atom stereocenters. The van der Waals surface area contributed by atoms with E-state index in [2.05, 4.69) is 5.92 Å². The second-order valence-corrected chi connectivity index (χ2v) is 3.05. The SMILES string of the molecule is C#Cc1cccc(/C=C/N(C)C)c1. The molecule has 0 saturated heterocycles. The third-order valence-electron chi connectivity index (χ3n) is 1.62. The van der Waals surface area contributed by atoms with E-state index in [1.807, 2.05) is 55.5 Å². The van der Waals surface area contributed by atoms with E-state index in [4.69, 9.17) is 6.42 Å². The van der Waals surface area contributed by atoms with Gasteiger partial charge >= 0.3 is 0 Å². The number of terminal acetylenes is 1. The first kappa shape index (κ1) is 9.41. The third-order valence-corrected chi connectivity index (χ3v) is 1.62. The normalized spacial score (nSPS) is 9.92. The van der Waals surface area contributed by atoms with Gasteiger partial charge in [0.05, 0.1) is 0 Å². The minimum Gasteiger partial charge on any atom is -0.383 e. The zero-order valence-corrected chi connectivity index (χ0v) is 7.99. The van der Waals surface area contributed by atoms with Crippen LogP contribution in [0.3, 0.4) is 0 Å². The van der Waals surface area contributed by atoms with E-state index in [1.165, 1.54) is 0 Å². The molecule has 1 aromatic carbocycles. The summed E-state index contributed by atoms with van der Waals surface area (Å²) in [5.41, 5.74) is 2.05. The Labute approximate surface area is 79.7 Å². The van der Waals surface area contributed by atoms with Crippen molar-refractivity contribution >= 4 is 6.08 Å². The number of nitrogens with zero attached hydrogens (tertiary/aromatic N) is 1. The average molecular weight is 171 g/mol. The van der Waals surface area contributed by atoms with Gasteiger partial charge in [-0.25, -0.2) is 0 Å². The van der Waals surface area contributed by atoms with Crippen LogP contribution in [0.15, 0.2) is 30.5 Å². The van der Waals surface area contributed by atoms with Crippen molar-refractivity contribution in [3.63, 3.8) is 0 Å². The zero-order chi connectivity index (χ0) is 9.68. The highest BCUT2D eigenvalue weighted by molar-refractivity contribution is 5.52. The maximum Gasteiger partial charge on any atom is 0.0248 e. The monoisotopic (exact) mass is 171 g/mol. The van der Waals surface area contributed by atoms with Gasteiger partial charge in [0.2, 0.25) is 0 Å². The predicted octanol–water partition coefficient (Wildman–Crippen LogP) is 2.20. The first-order valence-corrected chi connectivity index (χ1v) is 4.13. The Morgan fingerprint density at radius 2 is 2.15 bits per heavy atom. The number of rotatable bonds is 2. The molecule has 1 rings (SSSR count). The highest BCUT2D eigenvalue weighted by atomic mass is 15.0. The van der Waals surface area contributed by atoms with Crippen molar-refractivity contribution in [2.45, 2.75) is 0 Å². The van der Waals surface area contributed by atoms with Crippen molar-refractivity contribution in [2.75, 3.05) is 14.1 Å². The Hall–Kier alpha value is -1.68. The third kappa shape index (κ3) is 3.04. The summed E-state index contributed by atoms with van der Waals surface area (Å²) in [6.45, 7) is 0. The molecule has 0 aliphatic rings. The Balaban J connectivity index is 2.85. The predicted molar refractivity (Wildman–Crippen MR) is 57.1 cm³/mol. The van der Waals surface area contributed by atoms with Gasteiger partial charge in [0.15, 0.2) is 0 Å². The van der Waals surface area contributed by atoms with Crippen LogP contribution in [0, 0.1) is 12.3 Å². The molecule has 0 fully saturated rings. The topological polar surface area (TPSA) is 3.24 Å². The Bertz CT molecular complexity index is 342. The van der Waals surface area contributed by atoms with Crippen molar-refractivity contribution in [1.29, 1.82) is 0 Å². The van der Waals surface area contributed by atoms with Crippen LogP contribution in [0.2, 0.25) is 0 Å². The van der Waals surface area contributed by atoms with Crippen LogP contribution in [-0.4, -0.2) is 19.0 Å². The maximum absolute atomic E-state index is 5.29. The van der Waals surface area contributed by atoms with Crippen molar-refractivity contribution in [3.05, 3.63) is 41.6 Å². The quantitative estimate of drug-likeness (QED) is 0.617. The van der Waals surface area contributed by atoms with Crippen LogP contribution in [0.25, 0.3) is 6.08 Å². The van der Waals surface area contributed by atoms with Crippen LogP contribution in [0.4, 0.5) is 0 Å². The highest BCUT2D eigenvalue weighted by Gasteiger charge is 1.88. The first-order valence-electron chi connectivity index (χ1n) is 4.13. The lowest BCUT2D eigenvalue weighted by Crippen LogP contribution is -1.99. The van der Waals surface area contributed by atoms with E-state index < -0.39 is 0 Å². The lowest BCUT2D eigenvalue weighted by Gasteiger charge is -2.03. The molecule has 1 nitrogen and oxygen atoms in total. The molecule has 0 amide bonds. The summed E-state index contributed by atoms with van der Waals surface area (Å²) in [6.07, 6.45) is 9.31. The van der Waals surface area contributed by atoms with E-state index in [1.54, 1.807) is 0 Å². The molecule has 0 saturated carbocycles. The molecule has 0 aliphatic carbocycles. The van der Waals surface area contributed by atoms with Gasteiger partial charge in [-0.2, -0.15) is 0 Å². The van der Waals surface area contributed by atoms with Gasteiger partial charge in [0.25, 0.3) is 0 Å². The van der Waals surface area contributed by atoms with Gasteiger partial charge in [-0.3, -0.25) is 0 Å². The molecule has 1 aromatic rings. The molecular weight excluding hydrogens is 158 g/mol. The molecule has 66 valence electrons. The fourth-order valence-electron chi connectivity index (χ4n) is 0.967. The molecule has 13 heavy (non-hydrogen) atoms. The summed E-state index contributed by atoms with van der Waals surface area (Å²) >= 11 is 0. The number of hydrogen-bond acceptors (Lipinski definition) is 1. The highest BCUT2D eigenvalue weighted by Crippen LogP contribution is 2.05. The Kier molecular flexibility index (Phi) is 3.16. The minimum absolute atomic E-state index is 0.918. The molecule has 0 N–H and O–H groups in total. The van der Waals surface area contributed by atoms with Crippen LogP contribution in [0.1, 0.15) is 11.1 Å². The number of hydrogen-bond donors (Lipinski definition) is 0. The molecule has 0 spiro atoms. The van der Waals surface area contributed by atoms with Gasteiger partial charge in [-0.05, 0) is 30.0 Å². The molecule has 0 heterocycles. The van der Waals surface area contributed by atoms with Gasteiger partial charge in [-0.15, -0.1) is 6.42 Å². The smallest absolute Gasteiger partial charge is 0.0248 e. The fraction of sp³-hybridized carbons (Fsp3) is 0.167. The molecule has 0 bridgehead atoms. The van der Waals surface area contributed by atoms with Crippen LogP contribution in [0.5, 0.6) is 0 Å². The van der Waals surface area contributed by atoms with Gasteiger partial charge in [-0.1, -0.05) is 18.1 Å². The minimum atomic E-state index is 0.918. The van der Waals surface area contributed by atoms with E-state index in [-0.39, 0.29) is 0 Å². The standard InChI is InChI=1S/C12H13N/c1-4-11-6-5-7-12(10-11)8-9-13(2)3/h1,5-10H,2-3H3/b9-8+. The van der Waals surface area contributed by atoms with Crippen molar-refractivity contribution < 1.29 is 0 Å². The summed E-state index contributed by atoms with van der Waals surface area (Å²) < 4.78 is 0. The lowest BCUT2D eigenvalue weighted by atomic mass is 10.1. The Morgan fingerprint density at radius 1 is 1.38 bits per heavy atom. The van der Waals surface area contributed by atoms with Gasteiger partial charge in [0, 0.05) is 19.7 Å². The van der Waals surface area contributed by atoms with Crippen LogP contribution >= 0.6 is 0 Å². The molecule has 1 heteroatoms. The fourth-order valence-corrected chi connectivity index (χ4v) is 0.967. The molecule has 0 aliphatic heterocycles. The summed E-state index contributed by atoms with van der Waals surface area (Å²) in [5, 5.41) is 0. The van der Waals surface area contributed by atoms with E-state index in [9.17, 15) is 0 Å². The summed E-state index contributed by atoms with van der Waals surface area (Å²) in [5.74, 6) is 2.61. The molecular formula is C12H13N. The van der Waals surface area contributed by atoms with E-state index >= 15 is 0 Å². The van der Waals surface area contributed by atoms with E-state index in [0.29, 0.717) is 0 Å². The van der Waals surface area contributed by atoms with Crippen molar-refractivity contribution in [1.82, 2.24) is 4.90 Å². The van der Waals surface area contributed by atoms with E-state index in [0.717, 1.165) is 11.1 Å². The van der Waals surface area contributed by atoms with Gasteiger partial charge in [0.1, 0.15) is 0 Å². The van der Waals surface area contributed by atoms with Crippen LogP contribution < -0.4 is 0 Å². The van der Waals surface area contributed by atoms with Crippen LogP contribution in [-0.2, 0) is 0 Å². The average Bonchev–Trinajstić information content (AvgIpc) is 2.15. The second-order valence-electron chi connectivity index (χ2n) is 3.05. The zero-order valence-electron chi connectivity index (χ0n) is 7.99. The Morgan fingerprint density at radius 3 is 2.77 bits per heavy atom. The summed E-state index contributed by atoms with van der Waals surface area (Å²) in [4.78, 5) is 1.99. The maximum atomic E-state index is 5.29. The molecule has 0 aromatic heterocycles.